The van der Waals surface area contributed by atoms with Crippen molar-refractivity contribution < 1.29 is 14.3 Å². The Morgan fingerprint density at radius 3 is 2.68 bits per heavy atom. The maximum absolute atomic E-state index is 12.4. The van der Waals surface area contributed by atoms with Crippen LogP contribution in [0.5, 0.6) is 0 Å². The van der Waals surface area contributed by atoms with Gasteiger partial charge in [-0.3, -0.25) is 0 Å². The Kier molecular flexibility index (Phi) is 6.04. The number of carbonyl (C=O) groups is 1. The molecule has 5 heteroatoms. The molecule has 132 valence electrons. The predicted octanol–water partition coefficient (Wildman–Crippen LogP) is 3.16. The first kappa shape index (κ1) is 17.5. The van der Waals surface area contributed by atoms with E-state index >= 15 is 0 Å². The molecule has 0 radical (unpaired) electrons. The normalized spacial score (nSPS) is 17.1. The van der Waals surface area contributed by atoms with Crippen molar-refractivity contribution in [2.24, 2.45) is 0 Å². The molecule has 1 saturated heterocycles. The fourth-order valence-electron chi connectivity index (χ4n) is 2.84. The summed E-state index contributed by atoms with van der Waals surface area (Å²) in [6.45, 7) is 2.25. The highest BCUT2D eigenvalue weighted by atomic mass is 16.6. The molecule has 0 aliphatic carbocycles. The SMILES string of the molecule is CN(C[C@@H]1COCCO1)C(=O)Nc1cccc(Cc2ccccc2)c1. The van der Waals surface area contributed by atoms with Crippen molar-refractivity contribution in [3.8, 4) is 0 Å². The Hall–Kier alpha value is -2.37. The number of ether oxygens (including phenoxy) is 2. The van der Waals surface area contributed by atoms with Gasteiger partial charge in [0.25, 0.3) is 0 Å². The molecule has 25 heavy (non-hydrogen) atoms. The lowest BCUT2D eigenvalue weighted by Gasteiger charge is -2.27. The molecule has 0 saturated carbocycles. The third-order valence-corrected chi connectivity index (χ3v) is 4.14. The van der Waals surface area contributed by atoms with Gasteiger partial charge >= 0.3 is 6.03 Å². The summed E-state index contributed by atoms with van der Waals surface area (Å²) in [5.74, 6) is 0. The van der Waals surface area contributed by atoms with E-state index in [1.165, 1.54) is 5.56 Å². The van der Waals surface area contributed by atoms with Crippen molar-refractivity contribution in [2.75, 3.05) is 38.7 Å². The van der Waals surface area contributed by atoms with E-state index in [0.29, 0.717) is 26.4 Å². The summed E-state index contributed by atoms with van der Waals surface area (Å²) in [5, 5.41) is 2.95. The van der Waals surface area contributed by atoms with E-state index in [0.717, 1.165) is 17.7 Å². The van der Waals surface area contributed by atoms with Crippen molar-refractivity contribution >= 4 is 11.7 Å². The minimum Gasteiger partial charge on any atom is -0.376 e. The summed E-state index contributed by atoms with van der Waals surface area (Å²) in [6, 6.07) is 18.1. The van der Waals surface area contributed by atoms with Crippen LogP contribution >= 0.6 is 0 Å². The summed E-state index contributed by atoms with van der Waals surface area (Å²) >= 11 is 0. The van der Waals surface area contributed by atoms with Crippen molar-refractivity contribution in [1.82, 2.24) is 4.90 Å². The summed E-state index contributed by atoms with van der Waals surface area (Å²) in [7, 11) is 1.76. The van der Waals surface area contributed by atoms with Crippen LogP contribution in [-0.4, -0.2) is 50.4 Å². The molecule has 1 aliphatic heterocycles. The lowest BCUT2D eigenvalue weighted by molar-refractivity contribution is -0.0925. The maximum atomic E-state index is 12.4. The number of nitrogens with zero attached hydrogens (tertiary/aromatic N) is 1. The van der Waals surface area contributed by atoms with Gasteiger partial charge in [-0.2, -0.15) is 0 Å². The second-order valence-corrected chi connectivity index (χ2v) is 6.24. The molecule has 1 aliphatic rings. The third kappa shape index (κ3) is 5.31. The highest BCUT2D eigenvalue weighted by Gasteiger charge is 2.19. The van der Waals surface area contributed by atoms with Crippen molar-refractivity contribution in [2.45, 2.75) is 12.5 Å². The van der Waals surface area contributed by atoms with E-state index in [9.17, 15) is 4.79 Å². The van der Waals surface area contributed by atoms with Gasteiger partial charge in [-0.1, -0.05) is 42.5 Å². The molecule has 1 atom stereocenters. The monoisotopic (exact) mass is 340 g/mol. The molecular formula is C20H24N2O3. The zero-order chi connectivity index (χ0) is 17.5. The van der Waals surface area contributed by atoms with Crippen molar-refractivity contribution in [1.29, 1.82) is 0 Å². The summed E-state index contributed by atoms with van der Waals surface area (Å²) in [4.78, 5) is 14.0. The Morgan fingerprint density at radius 2 is 1.92 bits per heavy atom. The number of rotatable bonds is 5. The highest BCUT2D eigenvalue weighted by molar-refractivity contribution is 5.89. The van der Waals surface area contributed by atoms with Gasteiger partial charge in [0.1, 0.15) is 0 Å². The zero-order valence-electron chi connectivity index (χ0n) is 14.5. The second kappa shape index (κ2) is 8.65. The van der Waals surface area contributed by atoms with Gasteiger partial charge in [0, 0.05) is 12.7 Å². The highest BCUT2D eigenvalue weighted by Crippen LogP contribution is 2.15. The molecule has 0 aromatic heterocycles. The molecule has 0 spiro atoms. The predicted molar refractivity (Wildman–Crippen MR) is 97.9 cm³/mol. The van der Waals surface area contributed by atoms with Crippen LogP contribution in [0.25, 0.3) is 0 Å². The van der Waals surface area contributed by atoms with Gasteiger partial charge in [0.15, 0.2) is 0 Å². The van der Waals surface area contributed by atoms with E-state index in [1.54, 1.807) is 11.9 Å². The third-order valence-electron chi connectivity index (χ3n) is 4.14. The molecule has 1 fully saturated rings. The number of anilines is 1. The smallest absolute Gasteiger partial charge is 0.321 e. The van der Waals surface area contributed by atoms with Gasteiger partial charge in [0.05, 0.1) is 32.5 Å². The van der Waals surface area contributed by atoms with Crippen LogP contribution < -0.4 is 5.32 Å². The molecule has 3 rings (SSSR count). The lowest BCUT2D eigenvalue weighted by atomic mass is 10.0. The average molecular weight is 340 g/mol. The molecular weight excluding hydrogens is 316 g/mol. The van der Waals surface area contributed by atoms with Crippen LogP contribution in [0.15, 0.2) is 54.6 Å². The Morgan fingerprint density at radius 1 is 1.12 bits per heavy atom. The Bertz CT molecular complexity index is 684. The molecule has 0 unspecified atom stereocenters. The van der Waals surface area contributed by atoms with Crippen molar-refractivity contribution in [3.05, 3.63) is 65.7 Å². The first-order chi connectivity index (χ1) is 12.2. The fourth-order valence-corrected chi connectivity index (χ4v) is 2.84. The van der Waals surface area contributed by atoms with E-state index in [2.05, 4.69) is 23.5 Å². The standard InChI is InChI=1S/C20H24N2O3/c1-22(14-19-15-24-10-11-25-19)20(23)21-18-9-5-8-17(13-18)12-16-6-3-2-4-7-16/h2-9,13,19H,10-12,14-15H2,1H3,(H,21,23)/t19-/m1/s1. The summed E-state index contributed by atoms with van der Waals surface area (Å²) < 4.78 is 11.0. The van der Waals surface area contributed by atoms with Crippen LogP contribution in [0.3, 0.4) is 0 Å². The van der Waals surface area contributed by atoms with Crippen LogP contribution in [-0.2, 0) is 15.9 Å². The second-order valence-electron chi connectivity index (χ2n) is 6.24. The van der Waals surface area contributed by atoms with E-state index in [4.69, 9.17) is 9.47 Å². The van der Waals surface area contributed by atoms with Crippen molar-refractivity contribution in [3.63, 3.8) is 0 Å². The van der Waals surface area contributed by atoms with E-state index < -0.39 is 0 Å². The van der Waals surface area contributed by atoms with Gasteiger partial charge < -0.3 is 19.7 Å². The van der Waals surface area contributed by atoms with Crippen LogP contribution in [0.1, 0.15) is 11.1 Å². The number of benzene rings is 2. The number of likely N-dealkylation sites (N-methyl/N-ethyl adjacent to an activating group) is 1. The fraction of sp³-hybridized carbons (Fsp3) is 0.350. The topological polar surface area (TPSA) is 50.8 Å². The van der Waals surface area contributed by atoms with E-state index in [1.807, 2.05) is 36.4 Å². The van der Waals surface area contributed by atoms with E-state index in [-0.39, 0.29) is 12.1 Å². The Labute approximate surface area is 148 Å². The summed E-state index contributed by atoms with van der Waals surface area (Å²) in [5.41, 5.74) is 3.21. The summed E-state index contributed by atoms with van der Waals surface area (Å²) in [6.07, 6.45) is 0.780. The number of carbonyl (C=O) groups excluding carboxylic acids is 1. The number of hydrogen-bond acceptors (Lipinski definition) is 3. The quantitative estimate of drug-likeness (QED) is 0.910. The first-order valence-corrected chi connectivity index (χ1v) is 8.55. The molecule has 1 heterocycles. The van der Waals surface area contributed by atoms with Crippen LogP contribution in [0, 0.1) is 0 Å². The molecule has 2 aromatic rings. The minimum atomic E-state index is -0.147. The minimum absolute atomic E-state index is 0.0612. The molecule has 1 N–H and O–H groups in total. The maximum Gasteiger partial charge on any atom is 0.321 e. The van der Waals surface area contributed by atoms with Gasteiger partial charge in [-0.15, -0.1) is 0 Å². The molecule has 0 bridgehead atoms. The number of urea groups is 1. The van der Waals surface area contributed by atoms with Crippen LogP contribution in [0.4, 0.5) is 10.5 Å². The largest absolute Gasteiger partial charge is 0.376 e. The van der Waals surface area contributed by atoms with Gasteiger partial charge in [-0.25, -0.2) is 4.79 Å². The molecule has 2 amide bonds. The van der Waals surface area contributed by atoms with Gasteiger partial charge in [-0.05, 0) is 29.7 Å². The zero-order valence-corrected chi connectivity index (χ0v) is 14.5. The van der Waals surface area contributed by atoms with Crippen LogP contribution in [0.2, 0.25) is 0 Å². The number of amides is 2. The average Bonchev–Trinajstić information content (AvgIpc) is 2.63. The molecule has 2 aromatic carbocycles. The Balaban J connectivity index is 1.56. The number of hydrogen-bond donors (Lipinski definition) is 1. The van der Waals surface area contributed by atoms with Gasteiger partial charge in [0.2, 0.25) is 0 Å². The number of nitrogens with one attached hydrogen (secondary N) is 1. The molecule has 5 nitrogen and oxygen atoms in total. The first-order valence-electron chi connectivity index (χ1n) is 8.55. The lowest BCUT2D eigenvalue weighted by Crippen LogP contribution is -2.42.